The zero-order valence-corrected chi connectivity index (χ0v) is 19.9. The van der Waals surface area contributed by atoms with Crippen LogP contribution in [0.4, 0.5) is 0 Å². The average Bonchev–Trinajstić information content (AvgIpc) is 3.65. The van der Waals surface area contributed by atoms with E-state index in [0.717, 1.165) is 41.5 Å². The highest BCUT2D eigenvalue weighted by Gasteiger charge is 2.31. The minimum atomic E-state index is 0.111. The number of carbonyl (C=O) groups is 1. The van der Waals surface area contributed by atoms with Gasteiger partial charge in [-0.2, -0.15) is 0 Å². The van der Waals surface area contributed by atoms with Crippen molar-refractivity contribution >= 4 is 17.7 Å². The highest BCUT2D eigenvalue weighted by atomic mass is 32.2. The van der Waals surface area contributed by atoms with Crippen LogP contribution in [-0.4, -0.2) is 37.9 Å². The molecule has 1 saturated carbocycles. The maximum Gasteiger partial charge on any atom is 0.233 e. The normalized spacial score (nSPS) is 13.1. The molecule has 0 aliphatic heterocycles. The standard InChI is InChI=1S/C28H28N4OS/c33-26(31(20-23-12-6-2-7-13-23)19-18-22-10-4-1-5-11-22)21-34-28-30-29-27(24-16-17-24)32(28)25-14-8-3-9-15-25/h1-15,24H,16-21H2. The van der Waals surface area contributed by atoms with E-state index in [9.17, 15) is 4.79 Å². The third-order valence-electron chi connectivity index (χ3n) is 6.02. The summed E-state index contributed by atoms with van der Waals surface area (Å²) < 4.78 is 2.13. The van der Waals surface area contributed by atoms with Crippen LogP contribution in [0.2, 0.25) is 0 Å². The molecule has 4 aromatic rings. The lowest BCUT2D eigenvalue weighted by Gasteiger charge is -2.23. The van der Waals surface area contributed by atoms with Crippen LogP contribution in [0.15, 0.2) is 96.2 Å². The van der Waals surface area contributed by atoms with Crippen molar-refractivity contribution < 1.29 is 4.79 Å². The van der Waals surface area contributed by atoms with Gasteiger partial charge in [0.25, 0.3) is 0 Å². The molecule has 0 radical (unpaired) electrons. The molecule has 1 aromatic heterocycles. The first-order valence-corrected chi connectivity index (χ1v) is 12.8. The summed E-state index contributed by atoms with van der Waals surface area (Å²) >= 11 is 1.47. The molecule has 6 heteroatoms. The van der Waals surface area contributed by atoms with Crippen molar-refractivity contribution in [2.45, 2.75) is 36.9 Å². The molecule has 0 N–H and O–H groups in total. The van der Waals surface area contributed by atoms with E-state index in [1.807, 2.05) is 59.5 Å². The molecule has 0 spiro atoms. The lowest BCUT2D eigenvalue weighted by molar-refractivity contribution is -0.128. The lowest BCUT2D eigenvalue weighted by Crippen LogP contribution is -2.34. The monoisotopic (exact) mass is 468 g/mol. The quantitative estimate of drug-likeness (QED) is 0.288. The molecule has 5 nitrogen and oxygen atoms in total. The molecule has 1 heterocycles. The summed E-state index contributed by atoms with van der Waals surface area (Å²) in [5.74, 6) is 1.92. The Morgan fingerprint density at radius 3 is 2.12 bits per heavy atom. The van der Waals surface area contributed by atoms with Crippen molar-refractivity contribution in [3.63, 3.8) is 0 Å². The predicted octanol–water partition coefficient (Wildman–Crippen LogP) is 5.51. The summed E-state index contributed by atoms with van der Waals surface area (Å²) in [6.07, 6.45) is 3.13. The molecule has 0 unspecified atom stereocenters. The summed E-state index contributed by atoms with van der Waals surface area (Å²) in [6.45, 7) is 1.28. The highest BCUT2D eigenvalue weighted by Crippen LogP contribution is 2.41. The van der Waals surface area contributed by atoms with Crippen LogP contribution in [0.3, 0.4) is 0 Å². The van der Waals surface area contributed by atoms with Crippen LogP contribution in [-0.2, 0) is 17.8 Å². The first kappa shape index (κ1) is 22.4. The third-order valence-corrected chi connectivity index (χ3v) is 6.94. The second-order valence-corrected chi connectivity index (χ2v) is 9.55. The maximum absolute atomic E-state index is 13.4. The van der Waals surface area contributed by atoms with Gasteiger partial charge in [0.1, 0.15) is 5.82 Å². The fraction of sp³-hybridized carbons (Fsp3) is 0.250. The Balaban J connectivity index is 1.31. The topological polar surface area (TPSA) is 51.0 Å². The summed E-state index contributed by atoms with van der Waals surface area (Å²) in [5.41, 5.74) is 3.42. The van der Waals surface area contributed by atoms with Crippen molar-refractivity contribution in [1.82, 2.24) is 19.7 Å². The molecule has 34 heavy (non-hydrogen) atoms. The minimum Gasteiger partial charge on any atom is -0.337 e. The van der Waals surface area contributed by atoms with Gasteiger partial charge in [0, 0.05) is 24.7 Å². The van der Waals surface area contributed by atoms with Crippen molar-refractivity contribution in [2.24, 2.45) is 0 Å². The van der Waals surface area contributed by atoms with Crippen LogP contribution in [0.25, 0.3) is 5.69 Å². The van der Waals surface area contributed by atoms with E-state index < -0.39 is 0 Å². The summed E-state index contributed by atoms with van der Waals surface area (Å²) in [7, 11) is 0. The second kappa shape index (κ2) is 10.7. The van der Waals surface area contributed by atoms with E-state index in [1.165, 1.54) is 17.3 Å². The van der Waals surface area contributed by atoms with Crippen molar-refractivity contribution in [3.05, 3.63) is 108 Å². The van der Waals surface area contributed by atoms with Crippen LogP contribution < -0.4 is 0 Å². The molecular weight excluding hydrogens is 440 g/mol. The molecule has 1 aliphatic carbocycles. The Hall–Kier alpha value is -3.38. The van der Waals surface area contributed by atoms with Crippen molar-refractivity contribution in [1.29, 1.82) is 0 Å². The number of hydrogen-bond donors (Lipinski definition) is 0. The zero-order chi connectivity index (χ0) is 23.2. The Morgan fingerprint density at radius 2 is 1.47 bits per heavy atom. The number of rotatable bonds is 10. The largest absolute Gasteiger partial charge is 0.337 e. The molecule has 5 rings (SSSR count). The van der Waals surface area contributed by atoms with Crippen LogP contribution in [0.1, 0.15) is 35.7 Å². The fourth-order valence-electron chi connectivity index (χ4n) is 4.02. The number of amides is 1. The van der Waals surface area contributed by atoms with E-state index in [2.05, 4.69) is 51.2 Å². The maximum atomic E-state index is 13.4. The van der Waals surface area contributed by atoms with Gasteiger partial charge in [-0.25, -0.2) is 0 Å². The SMILES string of the molecule is O=C(CSc1nnc(C2CC2)n1-c1ccccc1)N(CCc1ccccc1)Cc1ccccc1. The number of hydrogen-bond acceptors (Lipinski definition) is 4. The average molecular weight is 469 g/mol. The molecule has 1 amide bonds. The van der Waals surface area contributed by atoms with Gasteiger partial charge in [0.15, 0.2) is 5.16 Å². The third kappa shape index (κ3) is 5.57. The first-order valence-electron chi connectivity index (χ1n) is 11.8. The van der Waals surface area contributed by atoms with Gasteiger partial charge in [-0.15, -0.1) is 10.2 Å². The summed E-state index contributed by atoms with van der Waals surface area (Å²) in [6, 6.07) is 30.7. The number of aromatic nitrogens is 3. The Kier molecular flexibility index (Phi) is 7.05. The lowest BCUT2D eigenvalue weighted by atomic mass is 10.1. The van der Waals surface area contributed by atoms with E-state index in [4.69, 9.17) is 0 Å². The molecule has 3 aromatic carbocycles. The van der Waals surface area contributed by atoms with Crippen molar-refractivity contribution in [3.8, 4) is 5.69 Å². The van der Waals surface area contributed by atoms with Crippen molar-refractivity contribution in [2.75, 3.05) is 12.3 Å². The number of para-hydroxylation sites is 1. The molecular formula is C28H28N4OS. The second-order valence-electron chi connectivity index (χ2n) is 8.61. The van der Waals surface area contributed by atoms with Gasteiger partial charge in [-0.05, 0) is 42.5 Å². The van der Waals surface area contributed by atoms with Gasteiger partial charge in [0.05, 0.1) is 5.75 Å². The van der Waals surface area contributed by atoms with Gasteiger partial charge < -0.3 is 4.90 Å². The van der Waals surface area contributed by atoms with E-state index in [0.29, 0.717) is 24.8 Å². The van der Waals surface area contributed by atoms with E-state index >= 15 is 0 Å². The molecule has 0 bridgehead atoms. The Bertz CT molecular complexity index is 1210. The Morgan fingerprint density at radius 1 is 0.853 bits per heavy atom. The molecule has 0 saturated heterocycles. The number of benzene rings is 3. The van der Waals surface area contributed by atoms with Gasteiger partial charge >= 0.3 is 0 Å². The predicted molar refractivity (Wildman–Crippen MR) is 136 cm³/mol. The first-order chi connectivity index (χ1) is 16.8. The summed E-state index contributed by atoms with van der Waals surface area (Å²) in [4.78, 5) is 15.3. The van der Waals surface area contributed by atoms with Gasteiger partial charge in [-0.1, -0.05) is 90.6 Å². The molecule has 0 atom stereocenters. The van der Waals surface area contributed by atoms with Gasteiger partial charge in [0.2, 0.25) is 5.91 Å². The molecule has 172 valence electrons. The smallest absolute Gasteiger partial charge is 0.233 e. The number of nitrogens with zero attached hydrogens (tertiary/aromatic N) is 4. The Labute approximate surface area is 204 Å². The fourth-order valence-corrected chi connectivity index (χ4v) is 4.88. The number of carbonyl (C=O) groups excluding carboxylic acids is 1. The van der Waals surface area contributed by atoms with E-state index in [-0.39, 0.29) is 5.91 Å². The molecule has 1 fully saturated rings. The van der Waals surface area contributed by atoms with Crippen LogP contribution >= 0.6 is 11.8 Å². The molecule has 1 aliphatic rings. The van der Waals surface area contributed by atoms with E-state index in [1.54, 1.807) is 0 Å². The van der Waals surface area contributed by atoms with Crippen LogP contribution in [0.5, 0.6) is 0 Å². The highest BCUT2D eigenvalue weighted by molar-refractivity contribution is 7.99. The summed E-state index contributed by atoms with van der Waals surface area (Å²) in [5, 5.41) is 9.74. The zero-order valence-electron chi connectivity index (χ0n) is 19.1. The number of thioether (sulfide) groups is 1. The minimum absolute atomic E-state index is 0.111. The van der Waals surface area contributed by atoms with Gasteiger partial charge in [-0.3, -0.25) is 9.36 Å². The van der Waals surface area contributed by atoms with Crippen LogP contribution in [0, 0.1) is 0 Å².